The van der Waals surface area contributed by atoms with E-state index in [1.807, 2.05) is 13.0 Å². The summed E-state index contributed by atoms with van der Waals surface area (Å²) >= 11 is 0. The number of nitrogens with two attached hydrogens (primary N) is 1. The maximum atomic E-state index is 5.25. The summed E-state index contributed by atoms with van der Waals surface area (Å²) in [5.41, 5.74) is 6.46. The quantitative estimate of drug-likeness (QED) is 0.548. The second-order valence-electron chi connectivity index (χ2n) is 1.73. The fraction of sp³-hybridized carbons (Fsp3) is 0.429. The molecule has 0 aliphatic heterocycles. The van der Waals surface area contributed by atoms with Crippen molar-refractivity contribution >= 4 is 0 Å². The van der Waals surface area contributed by atoms with Crippen molar-refractivity contribution in [1.82, 2.24) is 0 Å². The number of hydrogen-bond acceptors (Lipinski definition) is 1. The maximum absolute atomic E-state index is 5.25. The van der Waals surface area contributed by atoms with Crippen molar-refractivity contribution in [1.29, 1.82) is 0 Å². The molecule has 1 heteroatoms. The van der Waals surface area contributed by atoms with Crippen LogP contribution in [0, 0.1) is 0 Å². The molecule has 0 radical (unpaired) electrons. The van der Waals surface area contributed by atoms with Gasteiger partial charge in [-0.3, -0.25) is 0 Å². The molecule has 0 aromatic carbocycles. The van der Waals surface area contributed by atoms with Crippen LogP contribution >= 0.6 is 0 Å². The molecule has 0 aliphatic rings. The van der Waals surface area contributed by atoms with Gasteiger partial charge in [0.2, 0.25) is 0 Å². The smallest absolute Gasteiger partial charge is 0.00424 e. The Labute approximate surface area is 50.9 Å². The highest BCUT2D eigenvalue weighted by molar-refractivity contribution is 5.12. The molecule has 46 valence electrons. The van der Waals surface area contributed by atoms with Crippen LogP contribution in [0.1, 0.15) is 13.3 Å². The Kier molecular flexibility index (Phi) is 4.27. The van der Waals surface area contributed by atoms with Gasteiger partial charge in [-0.15, -0.1) is 0 Å². The molecule has 0 aromatic rings. The summed E-state index contributed by atoms with van der Waals surface area (Å²) in [6, 6.07) is 0. The Balaban J connectivity index is 3.40. The summed E-state index contributed by atoms with van der Waals surface area (Å²) in [7, 11) is 0. The van der Waals surface area contributed by atoms with Crippen LogP contribution in [-0.4, -0.2) is 6.54 Å². The summed E-state index contributed by atoms with van der Waals surface area (Å²) in [6.45, 7) is 6.35. The maximum Gasteiger partial charge on any atom is -0.00424 e. The number of rotatable bonds is 3. The van der Waals surface area contributed by atoms with Crippen LogP contribution in [-0.2, 0) is 0 Å². The Morgan fingerprint density at radius 3 is 2.75 bits per heavy atom. The summed E-state index contributed by atoms with van der Waals surface area (Å²) in [5, 5.41) is 0. The summed E-state index contributed by atoms with van der Waals surface area (Å²) < 4.78 is 0. The molecule has 0 saturated carbocycles. The zero-order chi connectivity index (χ0) is 6.41. The first-order valence-electron chi connectivity index (χ1n) is 2.80. The number of allylic oxidation sites excluding steroid dienone is 2. The topological polar surface area (TPSA) is 26.0 Å². The van der Waals surface area contributed by atoms with Gasteiger partial charge >= 0.3 is 0 Å². The Morgan fingerprint density at radius 2 is 2.38 bits per heavy atom. The molecular formula is C7H13N. The minimum absolute atomic E-state index is 0.727. The molecule has 0 saturated heterocycles. The molecular weight excluding hydrogens is 98.1 g/mol. The predicted molar refractivity (Wildman–Crippen MR) is 37.6 cm³/mol. The lowest BCUT2D eigenvalue weighted by molar-refractivity contribution is 1.00. The minimum atomic E-state index is 0.727. The lowest BCUT2D eigenvalue weighted by Gasteiger charge is -1.87. The highest BCUT2D eigenvalue weighted by atomic mass is 14.5. The summed E-state index contributed by atoms with van der Waals surface area (Å²) in [6.07, 6.45) is 4.86. The van der Waals surface area contributed by atoms with Crippen molar-refractivity contribution in [2.75, 3.05) is 6.54 Å². The van der Waals surface area contributed by atoms with Gasteiger partial charge in [-0.05, 0) is 19.9 Å². The van der Waals surface area contributed by atoms with Crippen LogP contribution in [0.25, 0.3) is 0 Å². The zero-order valence-electron chi connectivity index (χ0n) is 5.35. The second-order valence-corrected chi connectivity index (χ2v) is 1.73. The van der Waals surface area contributed by atoms with Gasteiger partial charge in [0.15, 0.2) is 0 Å². The molecule has 0 spiro atoms. The first-order valence-corrected chi connectivity index (χ1v) is 2.80. The fourth-order valence-corrected chi connectivity index (χ4v) is 0.394. The van der Waals surface area contributed by atoms with E-state index in [2.05, 4.69) is 12.7 Å². The summed E-state index contributed by atoms with van der Waals surface area (Å²) in [4.78, 5) is 0. The van der Waals surface area contributed by atoms with Crippen LogP contribution in [0.15, 0.2) is 24.3 Å². The predicted octanol–water partition coefficient (Wildman–Crippen LogP) is 1.47. The Morgan fingerprint density at radius 1 is 1.75 bits per heavy atom. The van der Waals surface area contributed by atoms with Crippen molar-refractivity contribution in [2.45, 2.75) is 13.3 Å². The highest BCUT2D eigenvalue weighted by Gasteiger charge is 1.76. The molecule has 0 heterocycles. The molecule has 0 bridgehead atoms. The SMILES string of the molecule is C=CC(C)=CCCN. The molecule has 0 fully saturated rings. The largest absolute Gasteiger partial charge is 0.330 e. The van der Waals surface area contributed by atoms with E-state index < -0.39 is 0 Å². The Bertz CT molecular complexity index is 92.6. The van der Waals surface area contributed by atoms with Gasteiger partial charge in [0.1, 0.15) is 0 Å². The molecule has 1 nitrogen and oxygen atoms in total. The molecule has 0 aromatic heterocycles. The van der Waals surface area contributed by atoms with Gasteiger partial charge in [-0.1, -0.05) is 24.3 Å². The monoisotopic (exact) mass is 111 g/mol. The van der Waals surface area contributed by atoms with E-state index in [0.717, 1.165) is 13.0 Å². The van der Waals surface area contributed by atoms with E-state index in [1.54, 1.807) is 0 Å². The zero-order valence-corrected chi connectivity index (χ0v) is 5.35. The van der Waals surface area contributed by atoms with Gasteiger partial charge in [-0.25, -0.2) is 0 Å². The van der Waals surface area contributed by atoms with Crippen molar-refractivity contribution in [2.24, 2.45) is 5.73 Å². The van der Waals surface area contributed by atoms with E-state index in [0.29, 0.717) is 0 Å². The normalized spacial score (nSPS) is 11.5. The third kappa shape index (κ3) is 3.62. The van der Waals surface area contributed by atoms with Crippen LogP contribution in [0.4, 0.5) is 0 Å². The van der Waals surface area contributed by atoms with Crippen LogP contribution in [0.5, 0.6) is 0 Å². The van der Waals surface area contributed by atoms with E-state index in [1.165, 1.54) is 5.57 Å². The van der Waals surface area contributed by atoms with Crippen molar-refractivity contribution in [3.63, 3.8) is 0 Å². The van der Waals surface area contributed by atoms with E-state index in [9.17, 15) is 0 Å². The first-order chi connectivity index (χ1) is 3.81. The van der Waals surface area contributed by atoms with E-state index >= 15 is 0 Å². The highest BCUT2D eigenvalue weighted by Crippen LogP contribution is 1.92. The summed E-state index contributed by atoms with van der Waals surface area (Å²) in [5.74, 6) is 0. The third-order valence-electron chi connectivity index (χ3n) is 0.955. The van der Waals surface area contributed by atoms with Gasteiger partial charge in [0.05, 0.1) is 0 Å². The molecule has 0 unspecified atom stereocenters. The van der Waals surface area contributed by atoms with Gasteiger partial charge in [0.25, 0.3) is 0 Å². The third-order valence-corrected chi connectivity index (χ3v) is 0.955. The molecule has 0 rings (SSSR count). The van der Waals surface area contributed by atoms with E-state index in [-0.39, 0.29) is 0 Å². The second kappa shape index (κ2) is 4.60. The average molecular weight is 111 g/mol. The lowest BCUT2D eigenvalue weighted by atomic mass is 10.2. The molecule has 0 atom stereocenters. The van der Waals surface area contributed by atoms with Crippen molar-refractivity contribution in [3.05, 3.63) is 24.3 Å². The van der Waals surface area contributed by atoms with Crippen LogP contribution in [0.3, 0.4) is 0 Å². The van der Waals surface area contributed by atoms with Gasteiger partial charge in [-0.2, -0.15) is 0 Å². The fourth-order valence-electron chi connectivity index (χ4n) is 0.394. The van der Waals surface area contributed by atoms with Crippen LogP contribution < -0.4 is 5.73 Å². The van der Waals surface area contributed by atoms with Gasteiger partial charge in [0, 0.05) is 0 Å². The molecule has 2 N–H and O–H groups in total. The molecule has 0 amide bonds. The molecule has 8 heavy (non-hydrogen) atoms. The molecule has 0 aliphatic carbocycles. The van der Waals surface area contributed by atoms with Crippen LogP contribution in [0.2, 0.25) is 0 Å². The van der Waals surface area contributed by atoms with Crippen molar-refractivity contribution < 1.29 is 0 Å². The Hall–Kier alpha value is -0.560. The number of hydrogen-bond donors (Lipinski definition) is 1. The minimum Gasteiger partial charge on any atom is -0.330 e. The van der Waals surface area contributed by atoms with E-state index in [4.69, 9.17) is 5.73 Å². The van der Waals surface area contributed by atoms with Crippen molar-refractivity contribution in [3.8, 4) is 0 Å². The first kappa shape index (κ1) is 7.44. The average Bonchev–Trinajstić information content (AvgIpc) is 1.83. The van der Waals surface area contributed by atoms with Gasteiger partial charge < -0.3 is 5.73 Å². The standard InChI is InChI=1S/C7H13N/c1-3-7(2)5-4-6-8/h3,5H,1,4,6,8H2,2H3. The lowest BCUT2D eigenvalue weighted by Crippen LogP contribution is -1.95.